The van der Waals surface area contributed by atoms with E-state index in [1.807, 2.05) is 0 Å². The van der Waals surface area contributed by atoms with Gasteiger partial charge in [0.05, 0.1) is 0 Å². The van der Waals surface area contributed by atoms with E-state index in [0.29, 0.717) is 0 Å². The molecule has 0 aliphatic carbocycles. The van der Waals surface area contributed by atoms with Crippen molar-refractivity contribution in [1.29, 1.82) is 0 Å². The normalized spacial score (nSPS) is 11.2. The van der Waals surface area contributed by atoms with Crippen molar-refractivity contribution in [3.05, 3.63) is 0 Å². The molecule has 0 saturated carbocycles. The minimum absolute atomic E-state index is 0. The summed E-state index contributed by atoms with van der Waals surface area (Å²) >= 11 is -3.80. The first-order valence-electron chi connectivity index (χ1n) is 1.52. The quantitative estimate of drug-likeness (QED) is 0.388. The number of carbonyl (C=O) groups excluding carboxylic acids is 1. The van der Waals surface area contributed by atoms with Crippen LogP contribution in [0.25, 0.3) is 0 Å². The van der Waals surface area contributed by atoms with E-state index in [-0.39, 0.29) is 29.6 Å². The van der Waals surface area contributed by atoms with Gasteiger partial charge in [0.2, 0.25) is 0 Å². The van der Waals surface area contributed by atoms with Crippen molar-refractivity contribution < 1.29 is 45.9 Å². The average Bonchev–Trinajstić information content (AvgIpc) is 1.27. The summed E-state index contributed by atoms with van der Waals surface area (Å²) in [5.74, 6) is -0.764. The van der Waals surface area contributed by atoms with E-state index >= 15 is 0 Å². The molecule has 1 unspecified atom stereocenters. The predicted octanol–water partition coefficient (Wildman–Crippen LogP) is -4.94. The van der Waals surface area contributed by atoms with Crippen molar-refractivity contribution in [3.8, 4) is 0 Å². The van der Waals surface area contributed by atoms with Gasteiger partial charge in [0, 0.05) is 0 Å². The molecule has 42 valence electrons. The van der Waals surface area contributed by atoms with Crippen molar-refractivity contribution in [2.24, 2.45) is 0 Å². The fourth-order valence-corrected chi connectivity index (χ4v) is 0.610. The molecule has 8 heavy (non-hydrogen) atoms. The van der Waals surface area contributed by atoms with Crippen LogP contribution in [0.4, 0.5) is 0 Å². The Morgan fingerprint density at radius 2 is 2.12 bits per heavy atom. The van der Waals surface area contributed by atoms with Crippen LogP contribution in [0.3, 0.4) is 0 Å². The molecule has 0 radical (unpaired) electrons. The molecule has 0 saturated heterocycles. The molecular formula is C2H4AsNaO4. The summed E-state index contributed by atoms with van der Waals surface area (Å²) in [4.78, 5) is 9.67. The molecule has 0 aromatic heterocycles. The minimum Gasteiger partial charge on any atom is 1.00 e. The van der Waals surface area contributed by atoms with Gasteiger partial charge in [0.25, 0.3) is 0 Å². The van der Waals surface area contributed by atoms with E-state index in [9.17, 15) is 12.6 Å². The van der Waals surface area contributed by atoms with Gasteiger partial charge in [-0.2, -0.15) is 0 Å². The molecule has 0 rings (SSSR count). The van der Waals surface area contributed by atoms with Gasteiger partial charge in [-0.3, -0.25) is 0 Å². The first kappa shape index (κ1) is 11.6. The smallest absolute Gasteiger partial charge is 1.00 e. The second-order valence-corrected chi connectivity index (χ2v) is 2.32. The third kappa shape index (κ3) is 9.92. The maximum atomic E-state index is 9.67. The van der Waals surface area contributed by atoms with Crippen LogP contribution in [-0.2, 0) is 12.3 Å². The third-order valence-electron chi connectivity index (χ3n) is 0.227. The van der Waals surface area contributed by atoms with Gasteiger partial charge in [0.15, 0.2) is 0 Å². The SMILES string of the molecule is CC(=O)O[AsH](=O)[O-].[Na+]. The number of hydrogen-bond acceptors (Lipinski definition) is 4. The fourth-order valence-electron chi connectivity index (χ4n) is 0.117. The molecule has 6 heteroatoms. The maximum Gasteiger partial charge on any atom is 1.00 e. The zero-order valence-corrected chi connectivity index (χ0v) is 8.73. The Labute approximate surface area is 73.7 Å². The molecular weight excluding hydrogens is 186 g/mol. The molecule has 0 aromatic rings. The maximum absolute atomic E-state index is 9.67. The molecule has 0 bridgehead atoms. The van der Waals surface area contributed by atoms with Gasteiger partial charge < -0.3 is 0 Å². The van der Waals surface area contributed by atoms with Crippen LogP contribution in [0.5, 0.6) is 0 Å². The van der Waals surface area contributed by atoms with Crippen molar-refractivity contribution in [3.63, 3.8) is 0 Å². The molecule has 0 amide bonds. The molecule has 0 aliphatic rings. The molecule has 0 fully saturated rings. The van der Waals surface area contributed by atoms with Crippen LogP contribution in [0, 0.1) is 0 Å². The molecule has 4 nitrogen and oxygen atoms in total. The first-order valence-corrected chi connectivity index (χ1v) is 4.09. The summed E-state index contributed by atoms with van der Waals surface area (Å²) in [6.07, 6.45) is 0. The monoisotopic (exact) mass is 190 g/mol. The van der Waals surface area contributed by atoms with Gasteiger partial charge in [-0.25, -0.2) is 0 Å². The summed E-state index contributed by atoms with van der Waals surface area (Å²) in [5.41, 5.74) is 0. The molecule has 0 heterocycles. The second-order valence-electron chi connectivity index (χ2n) is 0.844. The van der Waals surface area contributed by atoms with Gasteiger partial charge in [-0.15, -0.1) is 0 Å². The van der Waals surface area contributed by atoms with Crippen LogP contribution in [0.15, 0.2) is 0 Å². The minimum atomic E-state index is -3.80. The second kappa shape index (κ2) is 5.92. The third-order valence-corrected chi connectivity index (χ3v) is 1.18. The van der Waals surface area contributed by atoms with Crippen LogP contribution in [-0.4, -0.2) is 21.2 Å². The number of carbonyl (C=O) groups is 1. The van der Waals surface area contributed by atoms with Crippen LogP contribution in [0.2, 0.25) is 0 Å². The van der Waals surface area contributed by atoms with E-state index in [2.05, 4.69) is 3.73 Å². The van der Waals surface area contributed by atoms with Gasteiger partial charge in [0.1, 0.15) is 0 Å². The Morgan fingerprint density at radius 1 is 1.75 bits per heavy atom. The summed E-state index contributed by atoms with van der Waals surface area (Å²) < 4.78 is 22.7. The van der Waals surface area contributed by atoms with Crippen molar-refractivity contribution in [1.82, 2.24) is 0 Å². The Kier molecular flexibility index (Phi) is 8.56. The zero-order valence-electron chi connectivity index (χ0n) is 4.63. The summed E-state index contributed by atoms with van der Waals surface area (Å²) in [7, 11) is 0. The number of hydrogen-bond donors (Lipinski definition) is 0. The molecule has 0 spiro atoms. The van der Waals surface area contributed by atoms with E-state index in [1.165, 1.54) is 0 Å². The summed E-state index contributed by atoms with van der Waals surface area (Å²) in [6.45, 7) is 1.04. The topological polar surface area (TPSA) is 66.4 Å². The summed E-state index contributed by atoms with van der Waals surface area (Å²) in [5, 5.41) is 0. The van der Waals surface area contributed by atoms with Gasteiger partial charge in [-0.05, 0) is 0 Å². The Bertz CT molecular complexity index is 90.2. The van der Waals surface area contributed by atoms with Crippen molar-refractivity contribution in [2.75, 3.05) is 0 Å². The number of rotatable bonds is 1. The van der Waals surface area contributed by atoms with E-state index in [0.717, 1.165) is 6.92 Å². The zero-order chi connectivity index (χ0) is 5.86. The first-order chi connectivity index (χ1) is 3.13. The van der Waals surface area contributed by atoms with Crippen molar-refractivity contribution in [2.45, 2.75) is 6.92 Å². The predicted molar refractivity (Wildman–Crippen MR) is 19.6 cm³/mol. The summed E-state index contributed by atoms with van der Waals surface area (Å²) in [6, 6.07) is 0. The average molecular weight is 190 g/mol. The van der Waals surface area contributed by atoms with Crippen LogP contribution >= 0.6 is 0 Å². The van der Waals surface area contributed by atoms with E-state index in [4.69, 9.17) is 0 Å². The molecule has 0 aromatic carbocycles. The van der Waals surface area contributed by atoms with Crippen molar-refractivity contribution >= 4 is 21.2 Å². The Balaban J connectivity index is 0. The van der Waals surface area contributed by atoms with E-state index < -0.39 is 21.2 Å². The molecule has 0 aliphatic heterocycles. The Morgan fingerprint density at radius 3 is 2.12 bits per heavy atom. The van der Waals surface area contributed by atoms with Gasteiger partial charge >= 0.3 is 74.1 Å². The van der Waals surface area contributed by atoms with Gasteiger partial charge in [-0.1, -0.05) is 0 Å². The van der Waals surface area contributed by atoms with Crippen LogP contribution in [0.1, 0.15) is 6.92 Å². The standard InChI is InChI=1S/C2H5AsO4.Na/c1-2(4)7-3(5)6;/h3H,1H3,(H,5,6);/q;+1/p-1. The van der Waals surface area contributed by atoms with E-state index in [1.54, 1.807) is 0 Å². The molecule has 1 atom stereocenters. The Hall–Kier alpha value is 0.788. The molecule has 0 N–H and O–H groups in total. The fraction of sp³-hybridized carbons (Fsp3) is 0.500. The van der Waals surface area contributed by atoms with Crippen LogP contribution < -0.4 is 33.7 Å². The largest absolute Gasteiger partial charge is 1.00 e.